The highest BCUT2D eigenvalue weighted by Crippen LogP contribution is 2.24. The molecule has 0 atom stereocenters. The number of aryl methyl sites for hydroxylation is 2. The van der Waals surface area contributed by atoms with E-state index in [0.29, 0.717) is 33.7 Å². The van der Waals surface area contributed by atoms with Gasteiger partial charge in [0.25, 0.3) is 0 Å². The van der Waals surface area contributed by atoms with Gasteiger partial charge >= 0.3 is 11.6 Å². The number of hydrogen-bond donors (Lipinski definition) is 0. The summed E-state index contributed by atoms with van der Waals surface area (Å²) in [5.74, 6) is 0.0803. The van der Waals surface area contributed by atoms with E-state index in [9.17, 15) is 9.59 Å². The topological polar surface area (TPSA) is 113 Å². The quantitative estimate of drug-likeness (QED) is 0.205. The van der Waals surface area contributed by atoms with Gasteiger partial charge in [-0.25, -0.2) is 9.59 Å². The first-order chi connectivity index (χ1) is 17.0. The summed E-state index contributed by atoms with van der Waals surface area (Å²) in [5, 5.41) is 12.5. The molecule has 0 N–H and O–H groups in total. The molecule has 9 nitrogen and oxygen atoms in total. The van der Waals surface area contributed by atoms with Crippen molar-refractivity contribution in [1.29, 1.82) is 0 Å². The van der Waals surface area contributed by atoms with Gasteiger partial charge in [-0.3, -0.25) is 0 Å². The number of benzene rings is 2. The van der Waals surface area contributed by atoms with Gasteiger partial charge in [0.2, 0.25) is 0 Å². The number of furan rings is 1. The normalized spacial score (nSPS) is 11.7. The zero-order valence-electron chi connectivity index (χ0n) is 19.0. The van der Waals surface area contributed by atoms with Gasteiger partial charge in [-0.15, -0.1) is 5.10 Å². The summed E-state index contributed by atoms with van der Waals surface area (Å²) in [4.78, 5) is 25.4. The summed E-state index contributed by atoms with van der Waals surface area (Å²) in [7, 11) is 0. The Morgan fingerprint density at radius 1 is 1.06 bits per heavy atom. The predicted octanol–water partition coefficient (Wildman–Crippen LogP) is 4.40. The molecule has 0 radical (unpaired) electrons. The molecule has 174 valence electrons. The van der Waals surface area contributed by atoms with E-state index in [2.05, 4.69) is 15.5 Å². The Labute approximate surface area is 199 Å². The molecule has 0 amide bonds. The number of rotatable bonds is 6. The van der Waals surface area contributed by atoms with Crippen molar-refractivity contribution in [3.63, 3.8) is 0 Å². The van der Waals surface area contributed by atoms with Crippen LogP contribution in [-0.4, -0.2) is 26.2 Å². The lowest BCUT2D eigenvalue weighted by Crippen LogP contribution is -2.15. The summed E-state index contributed by atoms with van der Waals surface area (Å²) >= 11 is 0. The first kappa shape index (κ1) is 22.0. The molecule has 0 saturated heterocycles. The van der Waals surface area contributed by atoms with Crippen LogP contribution in [0.15, 0.2) is 80.6 Å². The highest BCUT2D eigenvalue weighted by atomic mass is 16.5. The number of carbonyl (C=O) groups is 1. The number of aromatic nitrogens is 4. The fourth-order valence-corrected chi connectivity index (χ4v) is 3.65. The zero-order valence-corrected chi connectivity index (χ0v) is 19.0. The molecule has 3 heterocycles. The number of hydrogen-bond acceptors (Lipinski definition) is 8. The maximum absolute atomic E-state index is 13.3. The molecule has 2 aromatic carbocycles. The molecule has 0 spiro atoms. The second-order valence-electron chi connectivity index (χ2n) is 7.92. The highest BCUT2D eigenvalue weighted by molar-refractivity contribution is 6.15. The number of fused-ring (bicyclic) bond motifs is 1. The molecule has 0 aliphatic rings. The molecule has 0 saturated carbocycles. The van der Waals surface area contributed by atoms with Crippen molar-refractivity contribution in [3.8, 4) is 11.4 Å². The Balaban J connectivity index is 1.51. The monoisotopic (exact) mass is 468 g/mol. The van der Waals surface area contributed by atoms with Crippen molar-refractivity contribution in [3.05, 3.63) is 99.8 Å². The van der Waals surface area contributed by atoms with E-state index >= 15 is 0 Å². The van der Waals surface area contributed by atoms with Gasteiger partial charge in [-0.05, 0) is 59.7 Å². The third kappa shape index (κ3) is 4.51. The number of tetrazole rings is 1. The van der Waals surface area contributed by atoms with Gasteiger partial charge in [-0.2, -0.15) is 4.68 Å². The third-order valence-electron chi connectivity index (χ3n) is 5.56. The van der Waals surface area contributed by atoms with Crippen LogP contribution >= 0.6 is 0 Å². The van der Waals surface area contributed by atoms with Gasteiger partial charge in [0.05, 0.1) is 6.26 Å². The molecule has 0 aliphatic heterocycles. The summed E-state index contributed by atoms with van der Waals surface area (Å²) < 4.78 is 17.7. The third-order valence-corrected chi connectivity index (χ3v) is 5.56. The van der Waals surface area contributed by atoms with Crippen molar-refractivity contribution in [2.45, 2.75) is 20.5 Å². The number of esters is 1. The van der Waals surface area contributed by atoms with Crippen LogP contribution in [0.4, 0.5) is 0 Å². The lowest BCUT2D eigenvalue weighted by molar-refractivity contribution is -0.138. The van der Waals surface area contributed by atoms with Crippen LogP contribution in [-0.2, 0) is 16.1 Å². The Hall–Kier alpha value is -4.79. The van der Waals surface area contributed by atoms with Crippen LogP contribution in [0.25, 0.3) is 34.1 Å². The number of carbonyl (C=O) groups excluding carboxylic acids is 1. The maximum atomic E-state index is 13.3. The van der Waals surface area contributed by atoms with E-state index in [1.165, 1.54) is 23.1 Å². The minimum Gasteiger partial charge on any atom is -0.465 e. The van der Waals surface area contributed by atoms with Crippen molar-refractivity contribution in [2.24, 2.45) is 0 Å². The van der Waals surface area contributed by atoms with Crippen LogP contribution in [0, 0.1) is 13.8 Å². The number of nitrogens with zero attached hydrogens (tertiary/aromatic N) is 4. The predicted molar refractivity (Wildman–Crippen MR) is 128 cm³/mol. The van der Waals surface area contributed by atoms with Crippen molar-refractivity contribution >= 4 is 28.7 Å². The van der Waals surface area contributed by atoms with E-state index in [1.54, 1.807) is 18.2 Å². The molecule has 0 fully saturated rings. The fourth-order valence-electron chi connectivity index (χ4n) is 3.65. The van der Waals surface area contributed by atoms with Crippen LogP contribution in [0.3, 0.4) is 0 Å². The van der Waals surface area contributed by atoms with E-state index in [1.807, 2.05) is 50.2 Å². The highest BCUT2D eigenvalue weighted by Gasteiger charge is 2.22. The van der Waals surface area contributed by atoms with E-state index in [4.69, 9.17) is 13.6 Å². The summed E-state index contributed by atoms with van der Waals surface area (Å²) in [6.45, 7) is 3.74. The molecule has 5 rings (SSSR count). The molecule has 3 aromatic heterocycles. The van der Waals surface area contributed by atoms with Gasteiger partial charge in [0.15, 0.2) is 11.5 Å². The maximum Gasteiger partial charge on any atom is 0.357 e. The van der Waals surface area contributed by atoms with E-state index in [-0.39, 0.29) is 12.3 Å². The van der Waals surface area contributed by atoms with Gasteiger partial charge in [0.1, 0.15) is 18.0 Å². The molecule has 9 heteroatoms. The largest absolute Gasteiger partial charge is 0.465 e. The zero-order chi connectivity index (χ0) is 24.4. The van der Waals surface area contributed by atoms with Gasteiger partial charge < -0.3 is 13.6 Å². The molecule has 35 heavy (non-hydrogen) atoms. The fraction of sp³-hybridized carbons (Fsp3) is 0.115. The number of ether oxygens (including phenoxy) is 1. The average molecular weight is 468 g/mol. The van der Waals surface area contributed by atoms with Crippen LogP contribution < -0.4 is 5.63 Å². The van der Waals surface area contributed by atoms with E-state index < -0.39 is 11.6 Å². The van der Waals surface area contributed by atoms with Gasteiger partial charge in [0, 0.05) is 28.7 Å². The van der Waals surface area contributed by atoms with Crippen LogP contribution in [0.5, 0.6) is 0 Å². The van der Waals surface area contributed by atoms with Gasteiger partial charge in [-0.1, -0.05) is 30.3 Å². The van der Waals surface area contributed by atoms with Crippen molar-refractivity contribution < 1.29 is 18.4 Å². The summed E-state index contributed by atoms with van der Waals surface area (Å²) in [6.07, 6.45) is 2.99. The lowest BCUT2D eigenvalue weighted by atomic mass is 10.0. The van der Waals surface area contributed by atoms with Crippen molar-refractivity contribution in [1.82, 2.24) is 20.2 Å². The molecule has 0 unspecified atom stereocenters. The second kappa shape index (κ2) is 9.22. The smallest absolute Gasteiger partial charge is 0.357 e. The average Bonchev–Trinajstić information content (AvgIpc) is 3.55. The minimum atomic E-state index is -0.698. The first-order valence-corrected chi connectivity index (χ1v) is 10.8. The first-order valence-electron chi connectivity index (χ1n) is 10.8. The molecular weight excluding hydrogens is 448 g/mol. The van der Waals surface area contributed by atoms with Crippen molar-refractivity contribution in [2.75, 3.05) is 0 Å². The SMILES string of the molecule is Cc1cc2oc(=O)cc(COC(=O)/C(=C/c3ccco3)n3nnnc3-c3ccccc3)c2cc1C. The molecule has 0 bridgehead atoms. The Morgan fingerprint density at radius 3 is 2.63 bits per heavy atom. The molecule has 0 aliphatic carbocycles. The van der Waals surface area contributed by atoms with Crippen LogP contribution in [0.1, 0.15) is 22.5 Å². The van der Waals surface area contributed by atoms with E-state index in [0.717, 1.165) is 11.1 Å². The summed E-state index contributed by atoms with van der Waals surface area (Å²) in [6, 6.07) is 17.7. The molecule has 5 aromatic rings. The lowest BCUT2D eigenvalue weighted by Gasteiger charge is -2.11. The Bertz CT molecular complexity index is 1600. The standard InChI is InChI=1S/C26H20N4O5/c1-16-11-21-19(13-24(31)35-23(21)12-17(16)2)15-34-26(32)22(14-20-9-6-10-33-20)30-25(27-28-29-30)18-7-4-3-5-8-18/h3-14H,15H2,1-2H3/b22-14-. The molecular formula is C26H20N4O5. The Morgan fingerprint density at radius 2 is 1.86 bits per heavy atom. The van der Waals surface area contributed by atoms with Crippen LogP contribution in [0.2, 0.25) is 0 Å². The minimum absolute atomic E-state index is 0.0445. The summed E-state index contributed by atoms with van der Waals surface area (Å²) in [5.41, 5.74) is 3.22. The Kier molecular flexibility index (Phi) is 5.80. The second-order valence-corrected chi connectivity index (χ2v) is 7.92.